The first-order valence-electron chi connectivity index (χ1n) is 7.95. The maximum atomic E-state index is 12.8. The predicted octanol–water partition coefficient (Wildman–Crippen LogP) is 3.74. The Kier molecular flexibility index (Phi) is 5.43. The number of benzene rings is 1. The van der Waals surface area contributed by atoms with Crippen LogP contribution in [0.3, 0.4) is 0 Å². The van der Waals surface area contributed by atoms with E-state index in [1.54, 1.807) is 4.68 Å². The Morgan fingerprint density at radius 3 is 2.65 bits per heavy atom. The molecule has 3 aromatic rings. The number of aromatic nitrogens is 2. The van der Waals surface area contributed by atoms with Gasteiger partial charge in [0.25, 0.3) is 5.91 Å². The van der Waals surface area contributed by atoms with Crippen LogP contribution in [-0.4, -0.2) is 28.8 Å². The van der Waals surface area contributed by atoms with Gasteiger partial charge in [0.1, 0.15) is 4.83 Å². The summed E-state index contributed by atoms with van der Waals surface area (Å²) < 4.78 is 7.47. The molecule has 0 saturated heterocycles. The first kappa shape index (κ1) is 18.6. The highest BCUT2D eigenvalue weighted by Gasteiger charge is 2.22. The lowest BCUT2D eigenvalue weighted by molar-refractivity contribution is -0.141. The first-order chi connectivity index (χ1) is 12.4. The van der Waals surface area contributed by atoms with E-state index >= 15 is 0 Å². The predicted molar refractivity (Wildman–Crippen MR) is 104 cm³/mol. The van der Waals surface area contributed by atoms with Crippen molar-refractivity contribution < 1.29 is 14.3 Å². The highest BCUT2D eigenvalue weighted by Crippen LogP contribution is 2.28. The summed E-state index contributed by atoms with van der Waals surface area (Å²) >= 11 is 4.77. The van der Waals surface area contributed by atoms with E-state index < -0.39 is 6.04 Å². The molecule has 3 rings (SSSR count). The average molecular weight is 436 g/mol. The summed E-state index contributed by atoms with van der Waals surface area (Å²) in [5, 5.41) is 8.27. The Balaban J connectivity index is 1.86. The number of rotatable bonds is 5. The Morgan fingerprint density at radius 1 is 1.35 bits per heavy atom. The van der Waals surface area contributed by atoms with E-state index in [2.05, 4.69) is 26.3 Å². The molecule has 0 unspecified atom stereocenters. The van der Waals surface area contributed by atoms with Gasteiger partial charge in [0.15, 0.2) is 0 Å². The summed E-state index contributed by atoms with van der Waals surface area (Å²) in [7, 11) is 3.19. The standard InChI is InChI=1S/C18H18BrN3O3S/c1-10-13-8-15(26-18(13)22(2)21-10)17(24)20-14(9-16(23)25-3)11-4-6-12(19)7-5-11/h4-8,14H,9H2,1-3H3,(H,20,24)/t14-/m1/s1. The topological polar surface area (TPSA) is 73.2 Å². The van der Waals surface area contributed by atoms with Crippen molar-refractivity contribution in [3.63, 3.8) is 0 Å². The summed E-state index contributed by atoms with van der Waals surface area (Å²) in [6.07, 6.45) is 0.0648. The quantitative estimate of drug-likeness (QED) is 0.619. The Morgan fingerprint density at radius 2 is 2.04 bits per heavy atom. The van der Waals surface area contributed by atoms with Gasteiger partial charge in [-0.3, -0.25) is 14.3 Å². The van der Waals surface area contributed by atoms with E-state index in [4.69, 9.17) is 4.74 Å². The number of ether oxygens (including phenoxy) is 1. The lowest BCUT2D eigenvalue weighted by Crippen LogP contribution is -2.30. The van der Waals surface area contributed by atoms with Gasteiger partial charge < -0.3 is 10.1 Å². The van der Waals surface area contributed by atoms with Crippen molar-refractivity contribution in [2.45, 2.75) is 19.4 Å². The molecule has 0 aliphatic rings. The number of halogens is 1. The molecule has 0 aliphatic heterocycles. The van der Waals surface area contributed by atoms with Crippen molar-refractivity contribution in [1.82, 2.24) is 15.1 Å². The minimum absolute atomic E-state index is 0.0648. The number of carbonyl (C=O) groups is 2. The van der Waals surface area contributed by atoms with Crippen LogP contribution in [0.25, 0.3) is 10.2 Å². The number of esters is 1. The summed E-state index contributed by atoms with van der Waals surface area (Å²) in [5.41, 5.74) is 1.72. The zero-order valence-electron chi connectivity index (χ0n) is 14.6. The van der Waals surface area contributed by atoms with Gasteiger partial charge in [-0.25, -0.2) is 0 Å². The second-order valence-corrected chi connectivity index (χ2v) is 7.84. The molecule has 1 aromatic carbocycles. The van der Waals surface area contributed by atoms with Gasteiger partial charge in [-0.2, -0.15) is 5.10 Å². The molecule has 1 N–H and O–H groups in total. The van der Waals surface area contributed by atoms with E-state index in [0.717, 1.165) is 25.9 Å². The SMILES string of the molecule is COC(=O)C[C@@H](NC(=O)c1cc2c(C)nn(C)c2s1)c1ccc(Br)cc1. The van der Waals surface area contributed by atoms with E-state index in [1.165, 1.54) is 18.4 Å². The second kappa shape index (κ2) is 7.59. The van der Waals surface area contributed by atoms with Crippen molar-refractivity contribution in [3.05, 3.63) is 50.9 Å². The zero-order valence-corrected chi connectivity index (χ0v) is 17.0. The fourth-order valence-corrected chi connectivity index (χ4v) is 4.03. The number of carbonyl (C=O) groups excluding carboxylic acids is 2. The molecular formula is C18H18BrN3O3S. The molecule has 2 heterocycles. The molecule has 0 bridgehead atoms. The van der Waals surface area contributed by atoms with Gasteiger partial charge in [0.2, 0.25) is 0 Å². The number of fused-ring (bicyclic) bond motifs is 1. The van der Waals surface area contributed by atoms with Crippen molar-refractivity contribution in [2.75, 3.05) is 7.11 Å². The van der Waals surface area contributed by atoms with Crippen LogP contribution in [0.15, 0.2) is 34.8 Å². The maximum absolute atomic E-state index is 12.8. The number of nitrogens with zero attached hydrogens (tertiary/aromatic N) is 2. The molecule has 8 heteroatoms. The molecule has 26 heavy (non-hydrogen) atoms. The molecule has 0 spiro atoms. The third-order valence-electron chi connectivity index (χ3n) is 4.10. The molecule has 0 fully saturated rings. The van der Waals surface area contributed by atoms with Gasteiger partial charge in [-0.1, -0.05) is 28.1 Å². The van der Waals surface area contributed by atoms with Crippen LogP contribution in [0.2, 0.25) is 0 Å². The van der Waals surface area contributed by atoms with Gasteiger partial charge in [-0.05, 0) is 30.7 Å². The van der Waals surface area contributed by atoms with Crippen LogP contribution in [0.1, 0.15) is 33.4 Å². The molecular weight excluding hydrogens is 418 g/mol. The third-order valence-corrected chi connectivity index (χ3v) is 5.83. The Hall–Kier alpha value is -2.19. The Bertz CT molecular complexity index is 928. The molecule has 0 radical (unpaired) electrons. The third kappa shape index (κ3) is 3.81. The molecule has 136 valence electrons. The number of hydrogen-bond donors (Lipinski definition) is 1. The van der Waals surface area contributed by atoms with Gasteiger partial charge in [0, 0.05) is 16.9 Å². The summed E-state index contributed by atoms with van der Waals surface area (Å²) in [6.45, 7) is 1.92. The fraction of sp³-hybridized carbons (Fsp3) is 0.278. The summed E-state index contributed by atoms with van der Waals surface area (Å²) in [6, 6.07) is 8.87. The molecule has 1 atom stereocenters. The second-order valence-electron chi connectivity index (χ2n) is 5.90. The molecule has 6 nitrogen and oxygen atoms in total. The summed E-state index contributed by atoms with van der Waals surface area (Å²) in [5.74, 6) is -0.600. The van der Waals surface area contributed by atoms with E-state index in [9.17, 15) is 9.59 Å². The summed E-state index contributed by atoms with van der Waals surface area (Å²) in [4.78, 5) is 26.1. The normalized spacial score (nSPS) is 12.2. The van der Waals surface area contributed by atoms with Crippen molar-refractivity contribution in [1.29, 1.82) is 0 Å². The smallest absolute Gasteiger partial charge is 0.307 e. The van der Waals surface area contributed by atoms with Crippen LogP contribution >= 0.6 is 27.3 Å². The van der Waals surface area contributed by atoms with E-state index in [1.807, 2.05) is 44.3 Å². The van der Waals surface area contributed by atoms with Crippen LogP contribution in [0.4, 0.5) is 0 Å². The van der Waals surface area contributed by atoms with Crippen LogP contribution in [0, 0.1) is 6.92 Å². The highest BCUT2D eigenvalue weighted by molar-refractivity contribution is 9.10. The molecule has 2 aromatic heterocycles. The number of methoxy groups -OCH3 is 1. The minimum atomic E-state index is -0.465. The highest BCUT2D eigenvalue weighted by atomic mass is 79.9. The molecule has 0 aliphatic carbocycles. The van der Waals surface area contributed by atoms with Crippen molar-refractivity contribution in [2.24, 2.45) is 7.05 Å². The van der Waals surface area contributed by atoms with E-state index in [-0.39, 0.29) is 18.3 Å². The lowest BCUT2D eigenvalue weighted by atomic mass is 10.0. The number of amides is 1. The average Bonchev–Trinajstić information content (AvgIpc) is 3.17. The number of hydrogen-bond acceptors (Lipinski definition) is 5. The van der Waals surface area contributed by atoms with Gasteiger partial charge in [0.05, 0.1) is 30.1 Å². The van der Waals surface area contributed by atoms with Crippen molar-refractivity contribution >= 4 is 49.4 Å². The number of aryl methyl sites for hydroxylation is 2. The van der Waals surface area contributed by atoms with Crippen LogP contribution < -0.4 is 5.32 Å². The lowest BCUT2D eigenvalue weighted by Gasteiger charge is -2.18. The van der Waals surface area contributed by atoms with Gasteiger partial charge >= 0.3 is 5.97 Å². The van der Waals surface area contributed by atoms with Crippen molar-refractivity contribution in [3.8, 4) is 0 Å². The Labute approximate surface area is 163 Å². The van der Waals surface area contributed by atoms with Crippen LogP contribution in [-0.2, 0) is 16.6 Å². The zero-order chi connectivity index (χ0) is 18.8. The van der Waals surface area contributed by atoms with Gasteiger partial charge in [-0.15, -0.1) is 11.3 Å². The maximum Gasteiger partial charge on any atom is 0.307 e. The first-order valence-corrected chi connectivity index (χ1v) is 9.56. The number of thiophene rings is 1. The minimum Gasteiger partial charge on any atom is -0.469 e. The molecule has 1 amide bonds. The monoisotopic (exact) mass is 435 g/mol. The number of nitrogens with one attached hydrogen (secondary N) is 1. The largest absolute Gasteiger partial charge is 0.469 e. The van der Waals surface area contributed by atoms with E-state index in [0.29, 0.717) is 4.88 Å². The fourth-order valence-electron chi connectivity index (χ4n) is 2.74. The van der Waals surface area contributed by atoms with Crippen LogP contribution in [0.5, 0.6) is 0 Å². The molecule has 0 saturated carbocycles.